The van der Waals surface area contributed by atoms with Crippen molar-refractivity contribution in [2.45, 2.75) is 23.6 Å². The highest BCUT2D eigenvalue weighted by Gasteiger charge is 2.52. The largest absolute Gasteiger partial charge is 0.471 e. The van der Waals surface area contributed by atoms with Gasteiger partial charge in [-0.05, 0) is 27.4 Å². The molecule has 12 heteroatoms. The van der Waals surface area contributed by atoms with Crippen molar-refractivity contribution in [2.24, 2.45) is 5.73 Å². The number of aromatic nitrogens is 1. The molecule has 3 heterocycles. The van der Waals surface area contributed by atoms with E-state index in [-0.39, 0.29) is 42.3 Å². The van der Waals surface area contributed by atoms with Crippen molar-refractivity contribution in [3.63, 3.8) is 0 Å². The van der Waals surface area contributed by atoms with Gasteiger partial charge in [0.15, 0.2) is 12.2 Å². The number of nitrogens with zero attached hydrogens (tertiary/aromatic N) is 2. The summed E-state index contributed by atoms with van der Waals surface area (Å²) in [4.78, 5) is 41.5. The SMILES string of the molecule is Cl.NC1C(=O)N2C(C(=O)OC(c3ccccc3)c3ccccc3)=C(COc3cc(C(=O)OC(c4ccccc4)c4ccccc4)on3)CS[C@H]12. The Balaban J connectivity index is 0.00000432. The molecule has 50 heavy (non-hydrogen) atoms. The number of hydrogen-bond acceptors (Lipinski definition) is 10. The smallest absolute Gasteiger partial charge is 0.378 e. The summed E-state index contributed by atoms with van der Waals surface area (Å²) >= 11 is 1.43. The van der Waals surface area contributed by atoms with Gasteiger partial charge < -0.3 is 24.5 Å². The molecular formula is C38H32ClN3O7S. The third kappa shape index (κ3) is 7.16. The van der Waals surface area contributed by atoms with E-state index in [1.165, 1.54) is 22.7 Å². The number of nitrogens with two attached hydrogens (primary N) is 1. The lowest BCUT2D eigenvalue weighted by molar-refractivity contribution is -0.153. The van der Waals surface area contributed by atoms with Crippen LogP contribution in [0, 0.1) is 0 Å². The fourth-order valence-electron chi connectivity index (χ4n) is 5.76. The molecule has 0 aliphatic carbocycles. The molecule has 1 amide bonds. The van der Waals surface area contributed by atoms with E-state index in [0.717, 1.165) is 22.3 Å². The summed E-state index contributed by atoms with van der Waals surface area (Å²) in [6.07, 6.45) is -1.39. The number of carbonyl (C=O) groups excluding carboxylic acids is 3. The van der Waals surface area contributed by atoms with Crippen LogP contribution in [0.15, 0.2) is 143 Å². The van der Waals surface area contributed by atoms with Crippen molar-refractivity contribution in [3.8, 4) is 5.88 Å². The monoisotopic (exact) mass is 709 g/mol. The Labute approximate surface area is 298 Å². The first kappa shape index (κ1) is 34.5. The van der Waals surface area contributed by atoms with E-state index in [2.05, 4.69) is 5.16 Å². The van der Waals surface area contributed by atoms with E-state index < -0.39 is 35.6 Å². The van der Waals surface area contributed by atoms with Crippen LogP contribution in [0.2, 0.25) is 0 Å². The molecule has 10 nitrogen and oxygen atoms in total. The molecule has 5 aromatic rings. The molecule has 7 rings (SSSR count). The van der Waals surface area contributed by atoms with Gasteiger partial charge in [0, 0.05) is 11.3 Å². The molecule has 1 aromatic heterocycles. The predicted molar refractivity (Wildman–Crippen MR) is 188 cm³/mol. The van der Waals surface area contributed by atoms with Gasteiger partial charge in [-0.1, -0.05) is 121 Å². The highest BCUT2D eigenvalue weighted by molar-refractivity contribution is 8.00. The molecule has 2 aliphatic heterocycles. The van der Waals surface area contributed by atoms with E-state index >= 15 is 0 Å². The summed E-state index contributed by atoms with van der Waals surface area (Å²) in [7, 11) is 0. The Morgan fingerprint density at radius 2 is 1.24 bits per heavy atom. The average molecular weight is 710 g/mol. The first-order valence-electron chi connectivity index (χ1n) is 15.6. The Morgan fingerprint density at radius 3 is 1.72 bits per heavy atom. The number of benzene rings is 4. The first-order valence-corrected chi connectivity index (χ1v) is 16.7. The second-order valence-corrected chi connectivity index (χ2v) is 12.5. The molecule has 4 aromatic carbocycles. The molecule has 0 radical (unpaired) electrons. The van der Waals surface area contributed by atoms with Crippen LogP contribution in [0.3, 0.4) is 0 Å². The number of fused-ring (bicyclic) bond motifs is 1. The highest BCUT2D eigenvalue weighted by Crippen LogP contribution is 2.41. The number of hydrogen-bond donors (Lipinski definition) is 1. The Kier molecular flexibility index (Phi) is 10.7. The summed E-state index contributed by atoms with van der Waals surface area (Å²) in [5.41, 5.74) is 9.82. The van der Waals surface area contributed by atoms with Gasteiger partial charge >= 0.3 is 11.9 Å². The summed E-state index contributed by atoms with van der Waals surface area (Å²) in [5.74, 6) is -1.58. The van der Waals surface area contributed by atoms with E-state index in [1.54, 1.807) is 0 Å². The van der Waals surface area contributed by atoms with Crippen molar-refractivity contribution in [1.29, 1.82) is 0 Å². The van der Waals surface area contributed by atoms with Crippen molar-refractivity contribution in [2.75, 3.05) is 12.4 Å². The van der Waals surface area contributed by atoms with Gasteiger partial charge in [0.1, 0.15) is 23.7 Å². The molecule has 2 atom stereocenters. The minimum Gasteiger partial charge on any atom is -0.471 e. The van der Waals surface area contributed by atoms with Gasteiger partial charge in [-0.2, -0.15) is 0 Å². The van der Waals surface area contributed by atoms with Crippen LogP contribution in [0.25, 0.3) is 0 Å². The van der Waals surface area contributed by atoms with Gasteiger partial charge in [-0.25, -0.2) is 9.59 Å². The van der Waals surface area contributed by atoms with Gasteiger partial charge in [0.25, 0.3) is 5.88 Å². The maximum absolute atomic E-state index is 14.0. The number of halogens is 1. The molecule has 1 unspecified atom stereocenters. The quantitative estimate of drug-likeness (QED) is 0.124. The molecular weight excluding hydrogens is 678 g/mol. The van der Waals surface area contributed by atoms with E-state index in [4.69, 9.17) is 24.5 Å². The molecule has 2 aliphatic rings. The number of ether oxygens (including phenoxy) is 3. The number of thioether (sulfide) groups is 1. The molecule has 254 valence electrons. The van der Waals surface area contributed by atoms with Crippen LogP contribution < -0.4 is 10.5 Å². The molecule has 1 fully saturated rings. The lowest BCUT2D eigenvalue weighted by Gasteiger charge is -2.48. The van der Waals surface area contributed by atoms with Crippen LogP contribution in [0.5, 0.6) is 5.88 Å². The average Bonchev–Trinajstić information content (AvgIpc) is 3.65. The molecule has 0 bridgehead atoms. The number of carbonyl (C=O) groups is 3. The number of esters is 2. The van der Waals surface area contributed by atoms with Crippen LogP contribution in [0.1, 0.15) is 45.0 Å². The lowest BCUT2D eigenvalue weighted by atomic mass is 10.0. The zero-order valence-electron chi connectivity index (χ0n) is 26.5. The standard InChI is InChI=1S/C38H31N3O7S.ClH/c39-31-35(42)41-32(38(44)47-34(26-17-9-3-10-18-26)27-19-11-4-12-20-27)28(23-49-36(31)41)22-45-30-21-29(48-40-30)37(43)46-33(24-13-5-1-6-14-24)25-15-7-2-8-16-25;/h1-21,31,33-34,36H,22-23,39H2;1H/t31?,36-;/m1./s1. The Bertz CT molecular complexity index is 1900. The maximum Gasteiger partial charge on any atom is 0.378 e. The predicted octanol–water partition coefficient (Wildman–Crippen LogP) is 6.25. The number of rotatable bonds is 11. The highest BCUT2D eigenvalue weighted by atomic mass is 35.5. The second kappa shape index (κ2) is 15.5. The van der Waals surface area contributed by atoms with Crippen LogP contribution in [-0.4, -0.2) is 51.7 Å². The maximum atomic E-state index is 14.0. The van der Waals surface area contributed by atoms with E-state index in [9.17, 15) is 14.4 Å². The third-order valence-corrected chi connectivity index (χ3v) is 9.59. The zero-order chi connectivity index (χ0) is 33.7. The third-order valence-electron chi connectivity index (χ3n) is 8.22. The van der Waals surface area contributed by atoms with Gasteiger partial charge in [-0.15, -0.1) is 24.2 Å². The fraction of sp³-hybridized carbons (Fsp3) is 0.158. The number of β-lactam (4-membered cyclic amide) rings is 1. The molecule has 1 saturated heterocycles. The Morgan fingerprint density at radius 1 is 0.780 bits per heavy atom. The van der Waals surface area contributed by atoms with Crippen LogP contribution in [-0.2, 0) is 19.1 Å². The summed E-state index contributed by atoms with van der Waals surface area (Å²) in [5, 5.41) is 3.50. The zero-order valence-corrected chi connectivity index (χ0v) is 28.1. The minimum atomic E-state index is -0.729. The van der Waals surface area contributed by atoms with E-state index in [0.29, 0.717) is 11.3 Å². The summed E-state index contributed by atoms with van der Waals surface area (Å²) in [6, 6.07) is 38.1. The van der Waals surface area contributed by atoms with Gasteiger partial charge in [-0.3, -0.25) is 9.69 Å². The topological polar surface area (TPSA) is 134 Å². The van der Waals surface area contributed by atoms with E-state index in [1.807, 2.05) is 121 Å². The molecule has 0 saturated carbocycles. The minimum absolute atomic E-state index is 0. The van der Waals surface area contributed by atoms with Gasteiger partial charge in [0.05, 0.1) is 6.07 Å². The van der Waals surface area contributed by atoms with Crippen molar-refractivity contribution < 1.29 is 33.1 Å². The van der Waals surface area contributed by atoms with Crippen LogP contribution >= 0.6 is 24.2 Å². The van der Waals surface area contributed by atoms with Crippen molar-refractivity contribution >= 4 is 42.0 Å². The van der Waals surface area contributed by atoms with Gasteiger partial charge in [0.2, 0.25) is 11.7 Å². The second-order valence-electron chi connectivity index (χ2n) is 11.4. The lowest BCUT2D eigenvalue weighted by Crippen LogP contribution is -2.68. The number of amides is 1. The summed E-state index contributed by atoms with van der Waals surface area (Å²) in [6.45, 7) is -0.123. The first-order chi connectivity index (χ1) is 24.0. The Hall–Kier alpha value is -5.36. The summed E-state index contributed by atoms with van der Waals surface area (Å²) < 4.78 is 23.2. The molecule has 0 spiro atoms. The van der Waals surface area contributed by atoms with Crippen molar-refractivity contribution in [1.82, 2.24) is 10.1 Å². The van der Waals surface area contributed by atoms with Crippen molar-refractivity contribution in [3.05, 3.63) is 167 Å². The van der Waals surface area contributed by atoms with Crippen LogP contribution in [0.4, 0.5) is 0 Å². The normalized spacial score (nSPS) is 16.7. The fourth-order valence-corrected chi connectivity index (χ4v) is 7.03. The molecule has 2 N–H and O–H groups in total.